The molecule has 0 radical (unpaired) electrons. The summed E-state index contributed by atoms with van der Waals surface area (Å²) in [4.78, 5) is 36.1. The third-order valence-corrected chi connectivity index (χ3v) is 7.58. The highest BCUT2D eigenvalue weighted by Gasteiger charge is 2.27. The van der Waals surface area contributed by atoms with E-state index in [1.807, 2.05) is 43.4 Å². The average Bonchev–Trinajstić information content (AvgIpc) is 3.49. The SMILES string of the molecule is CCn1c(-c2nc3cc(C(=O)N4CCCC(NC(=O)O)C4)cc(-c4cccnc4)c3n2C)cc2ccccc21. The Labute approximate surface area is 225 Å². The van der Waals surface area contributed by atoms with Crippen molar-refractivity contribution < 1.29 is 14.7 Å². The largest absolute Gasteiger partial charge is 0.465 e. The number of nitrogens with zero attached hydrogens (tertiary/aromatic N) is 5. The monoisotopic (exact) mass is 522 g/mol. The molecule has 0 spiro atoms. The normalized spacial score (nSPS) is 15.6. The van der Waals surface area contributed by atoms with Gasteiger partial charge in [0.2, 0.25) is 0 Å². The highest BCUT2D eigenvalue weighted by atomic mass is 16.4. The number of carbonyl (C=O) groups excluding carboxylic acids is 1. The second-order valence-electron chi connectivity index (χ2n) is 10.0. The minimum Gasteiger partial charge on any atom is -0.465 e. The van der Waals surface area contributed by atoms with Crippen LogP contribution in [-0.2, 0) is 13.6 Å². The molecule has 198 valence electrons. The van der Waals surface area contributed by atoms with Gasteiger partial charge in [0.1, 0.15) is 0 Å². The summed E-state index contributed by atoms with van der Waals surface area (Å²) in [7, 11) is 2.01. The number of pyridine rings is 1. The maximum absolute atomic E-state index is 13.7. The van der Waals surface area contributed by atoms with E-state index in [9.17, 15) is 9.59 Å². The van der Waals surface area contributed by atoms with Crippen molar-refractivity contribution in [2.75, 3.05) is 13.1 Å². The topological polar surface area (TPSA) is 105 Å². The standard InChI is InChI=1S/C30H30N6O3/c1-3-36-25-11-5-4-8-19(25)16-26(36)28-33-24-15-21(29(37)35-13-7-10-22(18-35)32-30(38)39)14-23(27(24)34(28)2)20-9-6-12-31-17-20/h4-6,8-9,11-12,14-17,22,32H,3,7,10,13,18H2,1-2H3,(H,38,39). The van der Waals surface area contributed by atoms with Crippen molar-refractivity contribution in [2.45, 2.75) is 32.4 Å². The molecule has 1 aliphatic rings. The average molecular weight is 523 g/mol. The van der Waals surface area contributed by atoms with Crippen LogP contribution in [0.4, 0.5) is 4.79 Å². The fraction of sp³-hybridized carbons (Fsp3) is 0.267. The fourth-order valence-electron chi connectivity index (χ4n) is 5.82. The van der Waals surface area contributed by atoms with Crippen LogP contribution < -0.4 is 5.32 Å². The summed E-state index contributed by atoms with van der Waals surface area (Å²) in [6, 6.07) is 17.8. The first kappa shape index (κ1) is 24.7. The number of benzene rings is 2. The van der Waals surface area contributed by atoms with E-state index in [2.05, 4.69) is 44.6 Å². The molecular formula is C30H30N6O3. The number of fused-ring (bicyclic) bond motifs is 2. The number of carbonyl (C=O) groups is 2. The molecule has 2 aromatic carbocycles. The molecule has 1 fully saturated rings. The van der Waals surface area contributed by atoms with Gasteiger partial charge in [-0.2, -0.15) is 0 Å². The third-order valence-electron chi connectivity index (χ3n) is 7.58. The van der Waals surface area contributed by atoms with Crippen LogP contribution >= 0.6 is 0 Å². The number of likely N-dealkylation sites (tertiary alicyclic amines) is 1. The zero-order valence-electron chi connectivity index (χ0n) is 22.0. The summed E-state index contributed by atoms with van der Waals surface area (Å²) < 4.78 is 4.36. The zero-order chi connectivity index (χ0) is 27.1. The Hall–Kier alpha value is -4.66. The van der Waals surface area contributed by atoms with Crippen molar-refractivity contribution in [3.63, 3.8) is 0 Å². The smallest absolute Gasteiger partial charge is 0.404 e. The Balaban J connectivity index is 1.50. The molecule has 2 N–H and O–H groups in total. The highest BCUT2D eigenvalue weighted by molar-refractivity contribution is 6.03. The van der Waals surface area contributed by atoms with Crippen LogP contribution in [0.3, 0.4) is 0 Å². The lowest BCUT2D eigenvalue weighted by molar-refractivity contribution is 0.0692. The van der Waals surface area contributed by atoms with E-state index >= 15 is 0 Å². The van der Waals surface area contributed by atoms with Gasteiger partial charge in [-0.15, -0.1) is 0 Å². The van der Waals surface area contributed by atoms with E-state index in [0.717, 1.165) is 57.5 Å². The number of nitrogens with one attached hydrogen (secondary N) is 1. The van der Waals surface area contributed by atoms with Crippen LogP contribution in [0, 0.1) is 0 Å². The molecule has 39 heavy (non-hydrogen) atoms. The summed E-state index contributed by atoms with van der Waals surface area (Å²) in [6.07, 6.45) is 3.91. The number of rotatable bonds is 5. The minimum atomic E-state index is -1.07. The van der Waals surface area contributed by atoms with E-state index < -0.39 is 6.09 Å². The van der Waals surface area contributed by atoms with E-state index in [4.69, 9.17) is 10.1 Å². The predicted molar refractivity (Wildman–Crippen MR) is 151 cm³/mol. The van der Waals surface area contributed by atoms with E-state index in [-0.39, 0.29) is 11.9 Å². The van der Waals surface area contributed by atoms with Crippen molar-refractivity contribution in [2.24, 2.45) is 7.05 Å². The number of amides is 2. The number of imidazole rings is 1. The maximum atomic E-state index is 13.7. The number of aromatic nitrogens is 4. The quantitative estimate of drug-likeness (QED) is 0.332. The molecule has 2 amide bonds. The van der Waals surface area contributed by atoms with Crippen molar-refractivity contribution in [3.8, 4) is 22.6 Å². The molecule has 1 unspecified atom stereocenters. The highest BCUT2D eigenvalue weighted by Crippen LogP contribution is 2.35. The van der Waals surface area contributed by atoms with Gasteiger partial charge in [-0.05, 0) is 50.1 Å². The van der Waals surface area contributed by atoms with Crippen molar-refractivity contribution in [1.29, 1.82) is 0 Å². The van der Waals surface area contributed by atoms with Crippen molar-refractivity contribution in [1.82, 2.24) is 29.3 Å². The molecule has 9 nitrogen and oxygen atoms in total. The number of carboxylic acid groups (broad SMARTS) is 1. The Morgan fingerprint density at radius 3 is 2.74 bits per heavy atom. The number of hydrogen-bond acceptors (Lipinski definition) is 4. The molecule has 1 aliphatic heterocycles. The Kier molecular flexibility index (Phi) is 6.26. The molecule has 0 aliphatic carbocycles. The lowest BCUT2D eigenvalue weighted by Gasteiger charge is -2.32. The van der Waals surface area contributed by atoms with Crippen LogP contribution in [0.1, 0.15) is 30.1 Å². The van der Waals surface area contributed by atoms with Gasteiger partial charge in [-0.25, -0.2) is 9.78 Å². The number of aryl methyl sites for hydroxylation is 2. The first-order chi connectivity index (χ1) is 18.9. The molecule has 6 rings (SSSR count). The summed E-state index contributed by atoms with van der Waals surface area (Å²) in [5.41, 5.74) is 6.11. The van der Waals surface area contributed by atoms with Crippen molar-refractivity contribution >= 4 is 33.9 Å². The van der Waals surface area contributed by atoms with Crippen LogP contribution in [0.2, 0.25) is 0 Å². The molecule has 4 heterocycles. The summed E-state index contributed by atoms with van der Waals surface area (Å²) in [5.74, 6) is 0.690. The number of hydrogen-bond donors (Lipinski definition) is 2. The molecule has 3 aromatic heterocycles. The summed E-state index contributed by atoms with van der Waals surface area (Å²) >= 11 is 0. The molecule has 0 saturated carbocycles. The Morgan fingerprint density at radius 2 is 1.97 bits per heavy atom. The van der Waals surface area contributed by atoms with Crippen molar-refractivity contribution in [3.05, 3.63) is 72.6 Å². The van der Waals surface area contributed by atoms with Crippen LogP contribution in [0.15, 0.2) is 67.0 Å². The fourth-order valence-corrected chi connectivity index (χ4v) is 5.82. The maximum Gasteiger partial charge on any atom is 0.404 e. The van der Waals surface area contributed by atoms with Gasteiger partial charge in [0, 0.05) is 72.7 Å². The molecule has 5 aromatic rings. The van der Waals surface area contributed by atoms with Crippen LogP contribution in [0.5, 0.6) is 0 Å². The lowest BCUT2D eigenvalue weighted by atomic mass is 10.00. The number of para-hydroxylation sites is 1. The minimum absolute atomic E-state index is 0.131. The first-order valence-corrected chi connectivity index (χ1v) is 13.2. The van der Waals surface area contributed by atoms with Gasteiger partial charge in [0.25, 0.3) is 5.91 Å². The predicted octanol–water partition coefficient (Wildman–Crippen LogP) is 5.15. The Bertz CT molecular complexity index is 1700. The van der Waals surface area contributed by atoms with E-state index in [0.29, 0.717) is 25.1 Å². The second kappa shape index (κ2) is 9.90. The van der Waals surface area contributed by atoms with Gasteiger partial charge in [-0.3, -0.25) is 9.78 Å². The van der Waals surface area contributed by atoms with E-state index in [1.54, 1.807) is 17.3 Å². The number of piperidine rings is 1. The van der Waals surface area contributed by atoms with Gasteiger partial charge in [0.05, 0.1) is 16.7 Å². The second-order valence-corrected chi connectivity index (χ2v) is 10.0. The molecule has 1 saturated heterocycles. The van der Waals surface area contributed by atoms with E-state index in [1.165, 1.54) is 0 Å². The van der Waals surface area contributed by atoms with Gasteiger partial charge in [-0.1, -0.05) is 24.3 Å². The molecular weight excluding hydrogens is 492 g/mol. The van der Waals surface area contributed by atoms with Gasteiger partial charge < -0.3 is 24.5 Å². The third kappa shape index (κ3) is 4.39. The Morgan fingerprint density at radius 1 is 1.13 bits per heavy atom. The zero-order valence-corrected chi connectivity index (χ0v) is 22.0. The molecule has 9 heteroatoms. The molecule has 0 bridgehead atoms. The summed E-state index contributed by atoms with van der Waals surface area (Å²) in [5, 5.41) is 12.8. The molecule has 1 atom stereocenters. The van der Waals surface area contributed by atoms with Gasteiger partial charge in [0.15, 0.2) is 5.82 Å². The first-order valence-electron chi connectivity index (χ1n) is 13.2. The van der Waals surface area contributed by atoms with Crippen LogP contribution in [0.25, 0.3) is 44.6 Å². The van der Waals surface area contributed by atoms with Crippen LogP contribution in [-0.4, -0.2) is 60.2 Å². The lowest BCUT2D eigenvalue weighted by Crippen LogP contribution is -2.49. The van der Waals surface area contributed by atoms with Gasteiger partial charge >= 0.3 is 6.09 Å². The summed E-state index contributed by atoms with van der Waals surface area (Å²) in [6.45, 7) is 3.85.